The second-order valence-electron chi connectivity index (χ2n) is 5.53. The van der Waals surface area contributed by atoms with E-state index in [9.17, 15) is 0 Å². The molecule has 22 heavy (non-hydrogen) atoms. The minimum Gasteiger partial charge on any atom is -0.335 e. The Bertz CT molecular complexity index is 683. The van der Waals surface area contributed by atoms with Crippen molar-refractivity contribution in [2.24, 2.45) is 0 Å². The van der Waals surface area contributed by atoms with Gasteiger partial charge < -0.3 is 9.84 Å². The van der Waals surface area contributed by atoms with Crippen molar-refractivity contribution < 1.29 is 4.52 Å². The molecule has 1 aromatic heterocycles. The number of hydrogen-bond donors (Lipinski definition) is 1. The summed E-state index contributed by atoms with van der Waals surface area (Å²) in [5.74, 6) is 1.22. The summed E-state index contributed by atoms with van der Waals surface area (Å²) in [4.78, 5) is 6.69. The molecule has 0 saturated carbocycles. The first kappa shape index (κ1) is 15.2. The zero-order valence-corrected chi connectivity index (χ0v) is 13.5. The summed E-state index contributed by atoms with van der Waals surface area (Å²) in [7, 11) is 2.08. The highest BCUT2D eigenvalue weighted by Crippen LogP contribution is 2.20. The molecule has 0 aliphatic carbocycles. The van der Waals surface area contributed by atoms with Gasteiger partial charge in [-0.15, -0.1) is 0 Å². The SMILES string of the molecule is Cc1ccc(/C=C/c2nc(C3CNCCN3C)no2)cc1Cl. The predicted molar refractivity (Wildman–Crippen MR) is 87.7 cm³/mol. The van der Waals surface area contributed by atoms with E-state index in [1.165, 1.54) is 0 Å². The number of aromatic nitrogens is 2. The van der Waals surface area contributed by atoms with Crippen molar-refractivity contribution in [2.75, 3.05) is 26.7 Å². The van der Waals surface area contributed by atoms with Gasteiger partial charge in [0.25, 0.3) is 5.89 Å². The first-order chi connectivity index (χ1) is 10.6. The quantitative estimate of drug-likeness (QED) is 0.943. The summed E-state index contributed by atoms with van der Waals surface area (Å²) < 4.78 is 5.31. The third kappa shape index (κ3) is 3.38. The second-order valence-corrected chi connectivity index (χ2v) is 5.94. The molecule has 1 aliphatic heterocycles. The number of hydrogen-bond acceptors (Lipinski definition) is 5. The number of nitrogens with one attached hydrogen (secondary N) is 1. The van der Waals surface area contributed by atoms with Crippen molar-refractivity contribution in [2.45, 2.75) is 13.0 Å². The van der Waals surface area contributed by atoms with Crippen molar-refractivity contribution in [1.82, 2.24) is 20.4 Å². The van der Waals surface area contributed by atoms with Crippen molar-refractivity contribution in [3.63, 3.8) is 0 Å². The van der Waals surface area contributed by atoms with Gasteiger partial charge in [-0.3, -0.25) is 4.90 Å². The summed E-state index contributed by atoms with van der Waals surface area (Å²) in [6.45, 7) is 4.79. The number of halogens is 1. The fourth-order valence-electron chi connectivity index (χ4n) is 2.42. The first-order valence-corrected chi connectivity index (χ1v) is 7.70. The molecule has 0 bridgehead atoms. The highest BCUT2D eigenvalue weighted by Gasteiger charge is 2.24. The molecular weight excluding hydrogens is 300 g/mol. The Labute approximate surface area is 135 Å². The molecule has 5 nitrogen and oxygen atoms in total. The van der Waals surface area contributed by atoms with Crippen LogP contribution in [0, 0.1) is 6.92 Å². The lowest BCUT2D eigenvalue weighted by atomic mass is 10.1. The van der Waals surface area contributed by atoms with Gasteiger partial charge in [0.15, 0.2) is 5.82 Å². The zero-order valence-electron chi connectivity index (χ0n) is 12.7. The molecule has 2 aromatic rings. The standard InChI is InChI=1S/C16H19ClN4O/c1-11-3-4-12(9-13(11)17)5-6-15-19-16(20-22-15)14-10-18-7-8-21(14)2/h3-6,9,14,18H,7-8,10H2,1-2H3/b6-5+. The molecule has 1 aromatic carbocycles. The maximum atomic E-state index is 6.12. The Kier molecular flexibility index (Phi) is 4.57. The normalized spacial score (nSPS) is 19.9. The lowest BCUT2D eigenvalue weighted by molar-refractivity contribution is 0.190. The fraction of sp³-hybridized carbons (Fsp3) is 0.375. The minimum absolute atomic E-state index is 0.161. The van der Waals surface area contributed by atoms with E-state index in [-0.39, 0.29) is 6.04 Å². The summed E-state index contributed by atoms with van der Waals surface area (Å²) in [6, 6.07) is 6.08. The van der Waals surface area contributed by atoms with Crippen LogP contribution in [-0.2, 0) is 0 Å². The molecule has 1 unspecified atom stereocenters. The molecule has 3 rings (SSSR count). The van der Waals surface area contributed by atoms with Crippen LogP contribution in [0.3, 0.4) is 0 Å². The van der Waals surface area contributed by atoms with Crippen LogP contribution in [0.5, 0.6) is 0 Å². The van der Waals surface area contributed by atoms with Gasteiger partial charge in [0.05, 0.1) is 6.04 Å². The fourth-order valence-corrected chi connectivity index (χ4v) is 2.61. The number of aryl methyl sites for hydroxylation is 1. The topological polar surface area (TPSA) is 54.2 Å². The van der Waals surface area contributed by atoms with Crippen LogP contribution < -0.4 is 5.32 Å². The number of nitrogens with zero attached hydrogens (tertiary/aromatic N) is 3. The van der Waals surface area contributed by atoms with E-state index >= 15 is 0 Å². The van der Waals surface area contributed by atoms with Crippen LogP contribution in [0.25, 0.3) is 12.2 Å². The summed E-state index contributed by atoms with van der Waals surface area (Å²) in [5.41, 5.74) is 2.07. The van der Waals surface area contributed by atoms with Crippen LogP contribution in [0.4, 0.5) is 0 Å². The average molecular weight is 319 g/mol. The van der Waals surface area contributed by atoms with Crippen molar-refractivity contribution >= 4 is 23.8 Å². The summed E-state index contributed by atoms with van der Waals surface area (Å²) >= 11 is 6.12. The van der Waals surface area contributed by atoms with Gasteiger partial charge in [0, 0.05) is 30.7 Å². The monoisotopic (exact) mass is 318 g/mol. The van der Waals surface area contributed by atoms with Crippen molar-refractivity contribution in [3.05, 3.63) is 46.1 Å². The van der Waals surface area contributed by atoms with Crippen LogP contribution in [0.2, 0.25) is 5.02 Å². The molecular formula is C16H19ClN4O. The maximum Gasteiger partial charge on any atom is 0.250 e. The third-order valence-electron chi connectivity index (χ3n) is 3.88. The zero-order chi connectivity index (χ0) is 15.5. The van der Waals surface area contributed by atoms with E-state index in [0.29, 0.717) is 5.89 Å². The second kappa shape index (κ2) is 6.60. The molecule has 1 atom stereocenters. The maximum absolute atomic E-state index is 6.12. The van der Waals surface area contributed by atoms with Gasteiger partial charge >= 0.3 is 0 Å². The third-order valence-corrected chi connectivity index (χ3v) is 4.29. The van der Waals surface area contributed by atoms with Gasteiger partial charge in [-0.1, -0.05) is 28.9 Å². The predicted octanol–water partition coefficient (Wildman–Crippen LogP) is 2.78. The number of piperazine rings is 1. The average Bonchev–Trinajstić information content (AvgIpc) is 2.98. The number of benzene rings is 1. The van der Waals surface area contributed by atoms with E-state index in [1.54, 1.807) is 0 Å². The molecule has 1 N–H and O–H groups in total. The van der Waals surface area contributed by atoms with Gasteiger partial charge in [-0.2, -0.15) is 4.98 Å². The largest absolute Gasteiger partial charge is 0.335 e. The van der Waals surface area contributed by atoms with Crippen LogP contribution >= 0.6 is 11.6 Å². The molecule has 6 heteroatoms. The Morgan fingerprint density at radius 1 is 1.41 bits per heavy atom. The Morgan fingerprint density at radius 2 is 2.27 bits per heavy atom. The Balaban J connectivity index is 1.73. The van der Waals surface area contributed by atoms with Gasteiger partial charge in [0.2, 0.25) is 0 Å². The van der Waals surface area contributed by atoms with Crippen LogP contribution in [0.1, 0.15) is 28.9 Å². The molecule has 0 spiro atoms. The molecule has 2 heterocycles. The van der Waals surface area contributed by atoms with E-state index in [4.69, 9.17) is 16.1 Å². The van der Waals surface area contributed by atoms with Crippen molar-refractivity contribution in [1.29, 1.82) is 0 Å². The molecule has 1 fully saturated rings. The van der Waals surface area contributed by atoms with E-state index in [0.717, 1.165) is 41.6 Å². The molecule has 1 saturated heterocycles. The molecule has 116 valence electrons. The lowest BCUT2D eigenvalue weighted by Gasteiger charge is -2.30. The highest BCUT2D eigenvalue weighted by atomic mass is 35.5. The first-order valence-electron chi connectivity index (χ1n) is 7.32. The number of rotatable bonds is 3. The van der Waals surface area contributed by atoms with E-state index in [1.807, 2.05) is 37.3 Å². The van der Waals surface area contributed by atoms with Crippen LogP contribution in [0.15, 0.2) is 22.7 Å². The smallest absolute Gasteiger partial charge is 0.250 e. The number of likely N-dealkylation sites (N-methyl/N-ethyl adjacent to an activating group) is 1. The summed E-state index contributed by atoms with van der Waals surface area (Å²) in [5, 5.41) is 8.19. The van der Waals surface area contributed by atoms with Crippen molar-refractivity contribution in [3.8, 4) is 0 Å². The van der Waals surface area contributed by atoms with E-state index in [2.05, 4.69) is 27.4 Å². The summed E-state index contributed by atoms with van der Waals surface area (Å²) in [6.07, 6.45) is 3.74. The highest BCUT2D eigenvalue weighted by molar-refractivity contribution is 6.31. The molecule has 0 radical (unpaired) electrons. The molecule has 0 amide bonds. The molecule has 1 aliphatic rings. The lowest BCUT2D eigenvalue weighted by Crippen LogP contribution is -2.44. The van der Waals surface area contributed by atoms with Crippen LogP contribution in [-0.4, -0.2) is 41.7 Å². The van der Waals surface area contributed by atoms with Gasteiger partial charge in [0.1, 0.15) is 0 Å². The minimum atomic E-state index is 0.161. The Hall–Kier alpha value is -1.69. The Morgan fingerprint density at radius 3 is 3.05 bits per heavy atom. The van der Waals surface area contributed by atoms with Gasteiger partial charge in [-0.05, 0) is 37.2 Å². The van der Waals surface area contributed by atoms with Gasteiger partial charge in [-0.25, -0.2) is 0 Å². The van der Waals surface area contributed by atoms with E-state index < -0.39 is 0 Å².